The van der Waals surface area contributed by atoms with Crippen molar-refractivity contribution in [3.8, 4) is 0 Å². The molecule has 0 atom stereocenters. The number of nitrogens with zero attached hydrogens (tertiary/aromatic N) is 6. The van der Waals surface area contributed by atoms with Crippen LogP contribution in [-0.2, 0) is 30.8 Å². The van der Waals surface area contributed by atoms with Crippen LogP contribution in [0.5, 0.6) is 0 Å². The van der Waals surface area contributed by atoms with Gasteiger partial charge in [0.25, 0.3) is 5.56 Å². The van der Waals surface area contributed by atoms with Crippen molar-refractivity contribution in [2.45, 2.75) is 78.4 Å². The van der Waals surface area contributed by atoms with E-state index < -0.39 is 11.2 Å². The molecule has 4 heterocycles. The third-order valence-electron chi connectivity index (χ3n) is 6.97. The zero-order valence-electron chi connectivity index (χ0n) is 21.0. The van der Waals surface area contributed by atoms with Gasteiger partial charge >= 0.3 is 5.69 Å². The first-order valence-corrected chi connectivity index (χ1v) is 13.0. The molecule has 0 saturated carbocycles. The lowest BCUT2D eigenvalue weighted by Gasteiger charge is -2.14. The zero-order valence-corrected chi connectivity index (χ0v) is 21.0. The van der Waals surface area contributed by atoms with Crippen LogP contribution < -0.4 is 16.1 Å². The molecule has 1 aliphatic rings. The molecule has 36 heavy (non-hydrogen) atoms. The maximum Gasteiger partial charge on any atom is 0.330 e. The Kier molecular flexibility index (Phi) is 6.75. The Morgan fingerprint density at radius 3 is 2.56 bits per heavy atom. The Balaban J connectivity index is 1.44. The molecular formula is C26H33N7O3. The van der Waals surface area contributed by atoms with Gasteiger partial charge < -0.3 is 9.13 Å². The Hall–Kier alpha value is -3.69. The number of rotatable bonds is 10. The minimum atomic E-state index is -0.433. The highest BCUT2D eigenvalue weighted by molar-refractivity contribution is 5.95. The van der Waals surface area contributed by atoms with Gasteiger partial charge in [0.1, 0.15) is 5.82 Å². The Morgan fingerprint density at radius 2 is 1.75 bits per heavy atom. The van der Waals surface area contributed by atoms with Crippen molar-refractivity contribution < 1.29 is 4.79 Å². The second-order valence-corrected chi connectivity index (χ2v) is 9.42. The van der Waals surface area contributed by atoms with Gasteiger partial charge in [0, 0.05) is 39.0 Å². The van der Waals surface area contributed by atoms with Crippen LogP contribution >= 0.6 is 0 Å². The van der Waals surface area contributed by atoms with Gasteiger partial charge in [0.15, 0.2) is 11.2 Å². The molecule has 3 aromatic heterocycles. The summed E-state index contributed by atoms with van der Waals surface area (Å²) in [5.74, 6) is 1.33. The first kappa shape index (κ1) is 24.0. The molecule has 0 spiro atoms. The lowest BCUT2D eigenvalue weighted by molar-refractivity contribution is -0.118. The average molecular weight is 492 g/mol. The van der Waals surface area contributed by atoms with Crippen molar-refractivity contribution in [1.29, 1.82) is 0 Å². The lowest BCUT2D eigenvalue weighted by atomic mass is 10.2. The zero-order chi connectivity index (χ0) is 25.2. The minimum absolute atomic E-state index is 0.0199. The number of anilines is 1. The van der Waals surface area contributed by atoms with E-state index in [4.69, 9.17) is 4.98 Å². The van der Waals surface area contributed by atoms with Gasteiger partial charge in [-0.25, -0.2) is 14.8 Å². The van der Waals surface area contributed by atoms with Crippen molar-refractivity contribution in [3.05, 3.63) is 50.9 Å². The number of benzene rings is 1. The van der Waals surface area contributed by atoms with Gasteiger partial charge in [-0.05, 0) is 25.0 Å². The number of amides is 1. The van der Waals surface area contributed by atoms with Gasteiger partial charge in [0.2, 0.25) is 11.9 Å². The van der Waals surface area contributed by atoms with Crippen LogP contribution in [0.1, 0.15) is 58.2 Å². The van der Waals surface area contributed by atoms with Crippen LogP contribution in [-0.4, -0.2) is 41.1 Å². The summed E-state index contributed by atoms with van der Waals surface area (Å²) in [4.78, 5) is 52.3. The lowest BCUT2D eigenvalue weighted by Crippen LogP contribution is -2.31. The molecule has 190 valence electrons. The molecule has 1 aliphatic heterocycles. The summed E-state index contributed by atoms with van der Waals surface area (Å²) in [6.07, 6.45) is 5.34. The predicted octanol–water partition coefficient (Wildman–Crippen LogP) is 3.21. The third-order valence-corrected chi connectivity index (χ3v) is 6.97. The number of para-hydroxylation sites is 2. The van der Waals surface area contributed by atoms with E-state index >= 15 is 0 Å². The molecule has 1 amide bonds. The van der Waals surface area contributed by atoms with Crippen molar-refractivity contribution in [1.82, 2.24) is 28.7 Å². The number of hydrogen-bond donors (Lipinski definition) is 1. The predicted molar refractivity (Wildman–Crippen MR) is 139 cm³/mol. The minimum Gasteiger partial charge on any atom is -0.322 e. The fraction of sp³-hybridized carbons (Fsp3) is 0.500. The molecular weight excluding hydrogens is 458 g/mol. The van der Waals surface area contributed by atoms with Gasteiger partial charge in [-0.15, -0.1) is 0 Å². The third kappa shape index (κ3) is 4.25. The van der Waals surface area contributed by atoms with Crippen LogP contribution in [0.2, 0.25) is 0 Å². The molecule has 0 unspecified atom stereocenters. The van der Waals surface area contributed by atoms with E-state index in [-0.39, 0.29) is 12.3 Å². The van der Waals surface area contributed by atoms with E-state index in [9.17, 15) is 14.4 Å². The number of carbonyl (C=O) groups excluding carboxylic acids is 1. The van der Waals surface area contributed by atoms with E-state index in [1.165, 1.54) is 0 Å². The molecule has 5 rings (SSSR count). The highest BCUT2D eigenvalue weighted by atomic mass is 16.2. The number of hydrogen-bond acceptors (Lipinski definition) is 5. The molecule has 4 aromatic rings. The van der Waals surface area contributed by atoms with Crippen LogP contribution in [0, 0.1) is 0 Å². The van der Waals surface area contributed by atoms with Crippen molar-refractivity contribution in [2.24, 2.45) is 0 Å². The van der Waals surface area contributed by atoms with E-state index in [1.54, 1.807) is 9.47 Å². The van der Waals surface area contributed by atoms with Crippen molar-refractivity contribution in [3.63, 3.8) is 0 Å². The highest BCUT2D eigenvalue weighted by Crippen LogP contribution is 2.28. The van der Waals surface area contributed by atoms with Crippen LogP contribution in [0.25, 0.3) is 22.2 Å². The normalized spacial score (nSPS) is 13.2. The molecule has 0 fully saturated rings. The molecule has 1 aromatic carbocycles. The summed E-state index contributed by atoms with van der Waals surface area (Å²) in [7, 11) is 0. The Morgan fingerprint density at radius 1 is 0.972 bits per heavy atom. The van der Waals surface area contributed by atoms with Gasteiger partial charge in [-0.2, -0.15) is 0 Å². The molecule has 0 radical (unpaired) electrons. The van der Waals surface area contributed by atoms with Crippen LogP contribution in [0.4, 0.5) is 5.95 Å². The van der Waals surface area contributed by atoms with E-state index in [2.05, 4.69) is 28.4 Å². The number of carbonyl (C=O) groups is 1. The molecule has 10 nitrogen and oxygen atoms in total. The van der Waals surface area contributed by atoms with Crippen LogP contribution in [0.15, 0.2) is 33.9 Å². The standard InChI is InChI=1S/C26H33N7O3/c1-3-5-9-15-31-20(28-23-22(31)24(35)29-26(36)33(23)14-6-4-2)12-13-21(34)32-17-16-30-19-11-8-7-10-18(19)27-25(30)32/h7-8,10-11H,3-6,9,12-17H2,1-2H3,(H,29,35,36). The number of unbranched alkanes of at least 4 members (excludes halogenated alkanes) is 3. The monoisotopic (exact) mass is 491 g/mol. The van der Waals surface area contributed by atoms with Crippen LogP contribution in [0.3, 0.4) is 0 Å². The van der Waals surface area contributed by atoms with Gasteiger partial charge in [0.05, 0.1) is 11.0 Å². The van der Waals surface area contributed by atoms with Crippen molar-refractivity contribution in [2.75, 3.05) is 11.4 Å². The summed E-state index contributed by atoms with van der Waals surface area (Å²) < 4.78 is 5.56. The average Bonchev–Trinajstić information content (AvgIpc) is 3.55. The summed E-state index contributed by atoms with van der Waals surface area (Å²) in [6.45, 7) is 6.62. The first-order chi connectivity index (χ1) is 17.5. The largest absolute Gasteiger partial charge is 0.330 e. The molecule has 10 heteroatoms. The summed E-state index contributed by atoms with van der Waals surface area (Å²) in [6, 6.07) is 7.90. The number of aromatic nitrogens is 6. The second kappa shape index (κ2) is 10.1. The highest BCUT2D eigenvalue weighted by Gasteiger charge is 2.28. The number of nitrogens with one attached hydrogen (secondary N) is 1. The molecule has 0 saturated heterocycles. The quantitative estimate of drug-likeness (QED) is 0.343. The molecule has 1 N–H and O–H groups in total. The fourth-order valence-corrected chi connectivity index (χ4v) is 5.07. The number of fused-ring (bicyclic) bond motifs is 4. The number of aryl methyl sites for hydroxylation is 3. The first-order valence-electron chi connectivity index (χ1n) is 13.0. The molecule has 0 bridgehead atoms. The fourth-order valence-electron chi connectivity index (χ4n) is 5.07. The SMILES string of the molecule is CCCCCn1c(CCC(=O)N2CCn3c2nc2ccccc23)nc2c1c(=O)[nH]c(=O)n2CCCC. The van der Waals surface area contributed by atoms with E-state index in [0.29, 0.717) is 49.0 Å². The number of imidazole rings is 2. The Bertz CT molecular complexity index is 1520. The summed E-state index contributed by atoms with van der Waals surface area (Å²) in [5, 5.41) is 0. The molecule has 0 aliphatic carbocycles. The van der Waals surface area contributed by atoms with Crippen molar-refractivity contribution >= 4 is 34.1 Å². The number of H-pyrrole nitrogens is 1. The maximum atomic E-state index is 13.3. The summed E-state index contributed by atoms with van der Waals surface area (Å²) in [5.41, 5.74) is 1.90. The van der Waals surface area contributed by atoms with Gasteiger partial charge in [-0.1, -0.05) is 45.2 Å². The smallest absolute Gasteiger partial charge is 0.322 e. The maximum absolute atomic E-state index is 13.3. The number of aromatic amines is 1. The topological polar surface area (TPSA) is 111 Å². The summed E-state index contributed by atoms with van der Waals surface area (Å²) >= 11 is 0. The second-order valence-electron chi connectivity index (χ2n) is 9.42. The van der Waals surface area contributed by atoms with E-state index in [1.807, 2.05) is 28.8 Å². The van der Waals surface area contributed by atoms with Gasteiger partial charge in [-0.3, -0.25) is 24.0 Å². The Labute approximate surface area is 208 Å². The van der Waals surface area contributed by atoms with E-state index in [0.717, 1.165) is 49.7 Å².